The number of hydrogen-bond donors (Lipinski definition) is 1. The molecular weight excluding hydrogens is 272 g/mol. The minimum Gasteiger partial charge on any atom is -0.485 e. The van der Waals surface area contributed by atoms with Gasteiger partial charge in [-0.05, 0) is 31.5 Å². The zero-order valence-corrected chi connectivity index (χ0v) is 11.9. The largest absolute Gasteiger partial charge is 0.485 e. The van der Waals surface area contributed by atoms with Gasteiger partial charge in [-0.2, -0.15) is 5.10 Å². The molecule has 0 saturated heterocycles. The fourth-order valence-electron chi connectivity index (χ4n) is 2.26. The Kier molecular flexibility index (Phi) is 3.92. The van der Waals surface area contributed by atoms with Crippen molar-refractivity contribution in [2.45, 2.75) is 26.5 Å². The van der Waals surface area contributed by atoms with E-state index in [1.165, 1.54) is 6.33 Å². The van der Waals surface area contributed by atoms with E-state index in [4.69, 9.17) is 19.9 Å². The van der Waals surface area contributed by atoms with E-state index in [1.54, 1.807) is 4.68 Å². The van der Waals surface area contributed by atoms with E-state index >= 15 is 0 Å². The van der Waals surface area contributed by atoms with Crippen LogP contribution in [0.15, 0.2) is 18.5 Å². The average molecular weight is 290 g/mol. The Labute approximate surface area is 122 Å². The summed E-state index contributed by atoms with van der Waals surface area (Å²) < 4.78 is 18.5. The van der Waals surface area contributed by atoms with Gasteiger partial charge in [-0.15, -0.1) is 0 Å². The maximum absolute atomic E-state index is 5.89. The highest BCUT2D eigenvalue weighted by atomic mass is 16.7. The minimum absolute atomic E-state index is 0.241. The first-order chi connectivity index (χ1) is 10.3. The van der Waals surface area contributed by atoms with Crippen LogP contribution >= 0.6 is 0 Å². The number of benzene rings is 1. The molecule has 0 saturated carbocycles. The zero-order valence-electron chi connectivity index (χ0n) is 11.9. The summed E-state index contributed by atoms with van der Waals surface area (Å²) in [5.74, 6) is 2.97. The topological polar surface area (TPSA) is 84.4 Å². The minimum atomic E-state index is 0.241. The van der Waals surface area contributed by atoms with E-state index in [-0.39, 0.29) is 6.79 Å². The molecule has 2 aromatic rings. The standard InChI is InChI=1S/C14H18N4O3/c1-2-18-14(16-8-17-18)7-19-11-6-13-12(20-9-21-13)5-10(11)3-4-15/h5-6,8H,2-4,7,9,15H2,1H3. The van der Waals surface area contributed by atoms with Crippen molar-refractivity contribution >= 4 is 0 Å². The number of aromatic nitrogens is 3. The van der Waals surface area contributed by atoms with E-state index in [1.807, 2.05) is 19.1 Å². The number of hydrogen-bond acceptors (Lipinski definition) is 6. The molecule has 0 radical (unpaired) electrons. The first-order valence-corrected chi connectivity index (χ1v) is 6.94. The summed E-state index contributed by atoms with van der Waals surface area (Å²) in [7, 11) is 0. The van der Waals surface area contributed by atoms with Gasteiger partial charge in [0.25, 0.3) is 0 Å². The number of aryl methyl sites for hydroxylation is 1. The summed E-state index contributed by atoms with van der Waals surface area (Å²) in [5.41, 5.74) is 6.66. The smallest absolute Gasteiger partial charge is 0.231 e. The van der Waals surface area contributed by atoms with Crippen LogP contribution in [0.5, 0.6) is 17.2 Å². The summed E-state index contributed by atoms with van der Waals surface area (Å²) in [6.45, 7) is 3.91. The second-order valence-electron chi connectivity index (χ2n) is 4.63. The predicted molar refractivity (Wildman–Crippen MR) is 75.4 cm³/mol. The van der Waals surface area contributed by atoms with Gasteiger partial charge in [-0.3, -0.25) is 0 Å². The van der Waals surface area contributed by atoms with Crippen molar-refractivity contribution in [3.63, 3.8) is 0 Å². The Balaban J connectivity index is 1.80. The molecule has 7 nitrogen and oxygen atoms in total. The van der Waals surface area contributed by atoms with Crippen LogP contribution in [0.2, 0.25) is 0 Å². The second-order valence-corrected chi connectivity index (χ2v) is 4.63. The lowest BCUT2D eigenvalue weighted by atomic mass is 10.1. The summed E-state index contributed by atoms with van der Waals surface area (Å²) in [6, 6.07) is 3.77. The van der Waals surface area contributed by atoms with Crippen molar-refractivity contribution < 1.29 is 14.2 Å². The summed E-state index contributed by atoms with van der Waals surface area (Å²) in [5, 5.41) is 4.12. The highest BCUT2D eigenvalue weighted by Gasteiger charge is 2.18. The van der Waals surface area contributed by atoms with Crippen LogP contribution in [-0.4, -0.2) is 28.1 Å². The average Bonchev–Trinajstić information content (AvgIpc) is 3.13. The first kappa shape index (κ1) is 13.7. The molecule has 0 spiro atoms. The van der Waals surface area contributed by atoms with Crippen molar-refractivity contribution in [1.82, 2.24) is 14.8 Å². The Morgan fingerprint density at radius 1 is 1.33 bits per heavy atom. The molecule has 0 fully saturated rings. The SMILES string of the molecule is CCn1ncnc1COc1cc2c(cc1CCN)OCO2. The van der Waals surface area contributed by atoms with Crippen LogP contribution in [0, 0.1) is 0 Å². The number of rotatable bonds is 6. The molecule has 2 heterocycles. The molecule has 1 aromatic carbocycles. The number of nitrogens with two attached hydrogens (primary N) is 1. The summed E-state index contributed by atoms with van der Waals surface area (Å²) >= 11 is 0. The van der Waals surface area contributed by atoms with E-state index in [0.717, 1.165) is 29.4 Å². The molecular formula is C14H18N4O3. The molecule has 1 aromatic heterocycles. The first-order valence-electron chi connectivity index (χ1n) is 6.94. The van der Waals surface area contributed by atoms with Crippen LogP contribution in [0.1, 0.15) is 18.3 Å². The third kappa shape index (κ3) is 2.78. The number of fused-ring (bicyclic) bond motifs is 1. The molecule has 3 rings (SSSR count). The maximum Gasteiger partial charge on any atom is 0.231 e. The Morgan fingerprint density at radius 2 is 2.14 bits per heavy atom. The summed E-state index contributed by atoms with van der Waals surface area (Å²) in [6.07, 6.45) is 2.25. The van der Waals surface area contributed by atoms with Gasteiger partial charge in [0.1, 0.15) is 18.7 Å². The molecule has 0 atom stereocenters. The van der Waals surface area contributed by atoms with E-state index in [0.29, 0.717) is 25.3 Å². The second kappa shape index (κ2) is 6.01. The van der Waals surface area contributed by atoms with Crippen LogP contribution in [-0.2, 0) is 19.6 Å². The molecule has 0 aliphatic carbocycles. The molecule has 112 valence electrons. The van der Waals surface area contributed by atoms with Crippen molar-refractivity contribution in [1.29, 1.82) is 0 Å². The maximum atomic E-state index is 5.89. The molecule has 2 N–H and O–H groups in total. The van der Waals surface area contributed by atoms with Gasteiger partial charge in [0.15, 0.2) is 17.3 Å². The van der Waals surface area contributed by atoms with E-state index < -0.39 is 0 Å². The summed E-state index contributed by atoms with van der Waals surface area (Å²) in [4.78, 5) is 4.20. The molecule has 0 bridgehead atoms. The number of nitrogens with zero attached hydrogens (tertiary/aromatic N) is 3. The van der Waals surface area contributed by atoms with Crippen LogP contribution < -0.4 is 19.9 Å². The van der Waals surface area contributed by atoms with Gasteiger partial charge < -0.3 is 19.9 Å². The molecule has 21 heavy (non-hydrogen) atoms. The predicted octanol–water partition coefficient (Wildman–Crippen LogP) is 1.11. The highest BCUT2D eigenvalue weighted by molar-refractivity contribution is 5.52. The fourth-order valence-corrected chi connectivity index (χ4v) is 2.26. The van der Waals surface area contributed by atoms with Gasteiger partial charge in [-0.25, -0.2) is 9.67 Å². The fraction of sp³-hybridized carbons (Fsp3) is 0.429. The highest BCUT2D eigenvalue weighted by Crippen LogP contribution is 2.38. The normalized spacial score (nSPS) is 12.7. The van der Waals surface area contributed by atoms with Gasteiger partial charge in [0.05, 0.1) is 0 Å². The quantitative estimate of drug-likeness (QED) is 0.858. The Bertz CT molecular complexity index is 627. The number of ether oxygens (including phenoxy) is 3. The molecule has 1 aliphatic heterocycles. The van der Waals surface area contributed by atoms with Crippen LogP contribution in [0.4, 0.5) is 0 Å². The van der Waals surface area contributed by atoms with Gasteiger partial charge in [0, 0.05) is 12.6 Å². The van der Waals surface area contributed by atoms with Crippen molar-refractivity contribution in [3.8, 4) is 17.2 Å². The van der Waals surface area contributed by atoms with Crippen LogP contribution in [0.3, 0.4) is 0 Å². The third-order valence-corrected chi connectivity index (χ3v) is 3.32. The van der Waals surface area contributed by atoms with E-state index in [9.17, 15) is 0 Å². The van der Waals surface area contributed by atoms with Crippen molar-refractivity contribution in [3.05, 3.63) is 29.8 Å². The van der Waals surface area contributed by atoms with Crippen molar-refractivity contribution in [2.75, 3.05) is 13.3 Å². The van der Waals surface area contributed by atoms with Gasteiger partial charge >= 0.3 is 0 Å². The molecule has 7 heteroatoms. The van der Waals surface area contributed by atoms with Crippen molar-refractivity contribution in [2.24, 2.45) is 5.73 Å². The monoisotopic (exact) mass is 290 g/mol. The Morgan fingerprint density at radius 3 is 2.90 bits per heavy atom. The zero-order chi connectivity index (χ0) is 14.7. The molecule has 0 amide bonds. The van der Waals surface area contributed by atoms with Gasteiger partial charge in [-0.1, -0.05) is 0 Å². The lowest BCUT2D eigenvalue weighted by Gasteiger charge is -2.12. The molecule has 1 aliphatic rings. The van der Waals surface area contributed by atoms with Crippen LogP contribution in [0.25, 0.3) is 0 Å². The van der Waals surface area contributed by atoms with E-state index in [2.05, 4.69) is 10.1 Å². The Hall–Kier alpha value is -2.28. The molecule has 0 unspecified atom stereocenters. The van der Waals surface area contributed by atoms with Gasteiger partial charge in [0.2, 0.25) is 6.79 Å². The lowest BCUT2D eigenvalue weighted by Crippen LogP contribution is -2.09. The lowest BCUT2D eigenvalue weighted by molar-refractivity contribution is 0.173. The third-order valence-electron chi connectivity index (χ3n) is 3.32.